The van der Waals surface area contributed by atoms with Crippen LogP contribution in [-0.2, 0) is 16.0 Å². The number of benzene rings is 2. The zero-order valence-electron chi connectivity index (χ0n) is 14.7. The number of halogens is 2. The van der Waals surface area contributed by atoms with Crippen molar-refractivity contribution in [2.75, 3.05) is 20.2 Å². The van der Waals surface area contributed by atoms with Crippen LogP contribution in [0.5, 0.6) is 5.75 Å². The van der Waals surface area contributed by atoms with Gasteiger partial charge in [-0.05, 0) is 23.3 Å². The van der Waals surface area contributed by atoms with Gasteiger partial charge < -0.3 is 14.7 Å². The number of aliphatic carboxylic acids is 1. The third kappa shape index (κ3) is 3.92. The number of carboxylic acid groups (broad SMARTS) is 1. The van der Waals surface area contributed by atoms with Crippen LogP contribution in [0.3, 0.4) is 0 Å². The fraction of sp³-hybridized carbons (Fsp3) is 0.300. The van der Waals surface area contributed by atoms with Crippen LogP contribution in [0.1, 0.15) is 17.0 Å². The van der Waals surface area contributed by atoms with Gasteiger partial charge in [0, 0.05) is 25.1 Å². The highest BCUT2D eigenvalue weighted by Gasteiger charge is 2.41. The summed E-state index contributed by atoms with van der Waals surface area (Å²) in [6.45, 7) is 0.221. The predicted octanol–water partition coefficient (Wildman–Crippen LogP) is 2.84. The first kappa shape index (κ1) is 18.8. The number of likely N-dealkylation sites (tertiary alicyclic amines) is 1. The van der Waals surface area contributed by atoms with Crippen LogP contribution in [0.2, 0.25) is 0 Å². The second-order valence-corrected chi connectivity index (χ2v) is 6.50. The molecule has 27 heavy (non-hydrogen) atoms. The maximum Gasteiger partial charge on any atom is 0.308 e. The second kappa shape index (κ2) is 7.73. The Hall–Kier alpha value is -2.96. The number of rotatable bonds is 5. The molecular formula is C20H19F2NO4. The van der Waals surface area contributed by atoms with Crippen LogP contribution in [0.25, 0.3) is 0 Å². The van der Waals surface area contributed by atoms with Crippen LogP contribution in [-0.4, -0.2) is 42.1 Å². The van der Waals surface area contributed by atoms with Crippen LogP contribution in [0, 0.1) is 17.6 Å². The van der Waals surface area contributed by atoms with Crippen molar-refractivity contribution < 1.29 is 28.2 Å². The summed E-state index contributed by atoms with van der Waals surface area (Å²) < 4.78 is 32.2. The van der Waals surface area contributed by atoms with E-state index in [0.29, 0.717) is 5.75 Å². The predicted molar refractivity (Wildman–Crippen MR) is 93.5 cm³/mol. The molecule has 1 N–H and O–H groups in total. The van der Waals surface area contributed by atoms with Crippen molar-refractivity contribution in [3.05, 3.63) is 65.2 Å². The highest BCUT2D eigenvalue weighted by Crippen LogP contribution is 2.37. The lowest BCUT2D eigenvalue weighted by Gasteiger charge is -2.18. The van der Waals surface area contributed by atoms with E-state index in [1.54, 1.807) is 24.3 Å². The number of hydrogen-bond acceptors (Lipinski definition) is 3. The Balaban J connectivity index is 1.81. The Morgan fingerprint density at radius 3 is 2.59 bits per heavy atom. The minimum atomic E-state index is -1.01. The van der Waals surface area contributed by atoms with Crippen molar-refractivity contribution in [2.45, 2.75) is 12.3 Å². The third-order valence-electron chi connectivity index (χ3n) is 4.88. The average molecular weight is 375 g/mol. The van der Waals surface area contributed by atoms with Crippen molar-refractivity contribution in [2.24, 2.45) is 5.92 Å². The number of ether oxygens (including phenoxy) is 1. The lowest BCUT2D eigenvalue weighted by Crippen LogP contribution is -2.31. The van der Waals surface area contributed by atoms with Gasteiger partial charge in [-0.2, -0.15) is 0 Å². The van der Waals surface area contributed by atoms with Crippen molar-refractivity contribution in [1.82, 2.24) is 4.90 Å². The zero-order chi connectivity index (χ0) is 19.6. The van der Waals surface area contributed by atoms with Crippen molar-refractivity contribution in [3.63, 3.8) is 0 Å². The van der Waals surface area contributed by atoms with Gasteiger partial charge in [-0.3, -0.25) is 9.59 Å². The molecule has 0 aliphatic carbocycles. The number of carbonyl (C=O) groups excluding carboxylic acids is 1. The van der Waals surface area contributed by atoms with Crippen LogP contribution in [0.15, 0.2) is 42.5 Å². The highest BCUT2D eigenvalue weighted by atomic mass is 19.1. The monoisotopic (exact) mass is 375 g/mol. The van der Waals surface area contributed by atoms with Crippen LogP contribution >= 0.6 is 0 Å². The Kier molecular flexibility index (Phi) is 5.39. The van der Waals surface area contributed by atoms with E-state index in [1.165, 1.54) is 18.1 Å². The quantitative estimate of drug-likeness (QED) is 0.873. The number of amides is 1. The molecule has 2 atom stereocenters. The first-order chi connectivity index (χ1) is 12.9. The van der Waals surface area contributed by atoms with E-state index in [0.717, 1.165) is 17.7 Å². The van der Waals surface area contributed by atoms with Gasteiger partial charge in [0.1, 0.15) is 17.4 Å². The topological polar surface area (TPSA) is 66.8 Å². The fourth-order valence-electron chi connectivity index (χ4n) is 3.49. The molecule has 1 fully saturated rings. The average Bonchev–Trinajstić information content (AvgIpc) is 3.09. The van der Waals surface area contributed by atoms with Crippen LogP contribution in [0.4, 0.5) is 8.78 Å². The smallest absolute Gasteiger partial charge is 0.308 e. The van der Waals surface area contributed by atoms with Gasteiger partial charge in [0.2, 0.25) is 5.91 Å². The number of para-hydroxylation sites is 1. The van der Waals surface area contributed by atoms with E-state index in [1.807, 2.05) is 0 Å². The first-order valence-corrected chi connectivity index (χ1v) is 8.48. The molecule has 0 bridgehead atoms. The second-order valence-electron chi connectivity index (χ2n) is 6.50. The SMILES string of the molecule is COc1ccccc1[C@@H]1CN(C(=O)Cc2ccc(F)cc2F)C[C@H]1C(=O)O. The number of methoxy groups -OCH3 is 1. The minimum Gasteiger partial charge on any atom is -0.496 e. The molecule has 0 unspecified atom stereocenters. The molecule has 7 heteroatoms. The summed E-state index contributed by atoms with van der Waals surface area (Å²) >= 11 is 0. The molecule has 5 nitrogen and oxygen atoms in total. The Bertz CT molecular complexity index is 871. The van der Waals surface area contributed by atoms with Crippen molar-refractivity contribution in [1.29, 1.82) is 0 Å². The van der Waals surface area contributed by atoms with Crippen molar-refractivity contribution >= 4 is 11.9 Å². The van der Waals surface area contributed by atoms with Crippen LogP contribution < -0.4 is 4.74 Å². The highest BCUT2D eigenvalue weighted by molar-refractivity contribution is 5.81. The van der Waals surface area contributed by atoms with E-state index < -0.39 is 35.3 Å². The van der Waals surface area contributed by atoms with Gasteiger partial charge >= 0.3 is 5.97 Å². The van der Waals surface area contributed by atoms with E-state index in [2.05, 4.69) is 0 Å². The molecule has 1 heterocycles. The summed E-state index contributed by atoms with van der Waals surface area (Å²) in [6, 6.07) is 10.1. The van der Waals surface area contributed by atoms with E-state index in [-0.39, 0.29) is 25.1 Å². The fourth-order valence-corrected chi connectivity index (χ4v) is 3.49. The summed E-state index contributed by atoms with van der Waals surface area (Å²) in [6.07, 6.45) is -0.253. The molecule has 1 amide bonds. The summed E-state index contributed by atoms with van der Waals surface area (Å²) in [5.74, 6) is -3.57. The van der Waals surface area contributed by atoms with Gasteiger partial charge in [0.15, 0.2) is 0 Å². The van der Waals surface area contributed by atoms with Gasteiger partial charge in [-0.1, -0.05) is 24.3 Å². The van der Waals surface area contributed by atoms with E-state index >= 15 is 0 Å². The third-order valence-corrected chi connectivity index (χ3v) is 4.88. The lowest BCUT2D eigenvalue weighted by atomic mass is 9.88. The number of carbonyl (C=O) groups is 2. The van der Waals surface area contributed by atoms with E-state index in [9.17, 15) is 23.5 Å². The van der Waals surface area contributed by atoms with Gasteiger partial charge in [-0.25, -0.2) is 8.78 Å². The molecule has 0 aromatic heterocycles. The molecule has 2 aromatic rings. The molecule has 0 saturated carbocycles. The van der Waals surface area contributed by atoms with Gasteiger partial charge in [0.05, 0.1) is 19.4 Å². The largest absolute Gasteiger partial charge is 0.496 e. The minimum absolute atomic E-state index is 0.0275. The molecule has 1 saturated heterocycles. The lowest BCUT2D eigenvalue weighted by molar-refractivity contribution is -0.141. The normalized spacial score (nSPS) is 19.1. The van der Waals surface area contributed by atoms with Gasteiger partial charge in [-0.15, -0.1) is 0 Å². The summed E-state index contributed by atoms with van der Waals surface area (Å²) in [4.78, 5) is 25.7. The molecule has 2 aromatic carbocycles. The Morgan fingerprint density at radius 1 is 1.19 bits per heavy atom. The number of nitrogens with zero attached hydrogens (tertiary/aromatic N) is 1. The molecule has 1 aliphatic rings. The Labute approximate surface area is 155 Å². The summed E-state index contributed by atoms with van der Waals surface area (Å²) in [5.41, 5.74) is 0.796. The molecule has 142 valence electrons. The molecule has 1 aliphatic heterocycles. The summed E-state index contributed by atoms with van der Waals surface area (Å²) in [5, 5.41) is 9.59. The summed E-state index contributed by atoms with van der Waals surface area (Å²) in [7, 11) is 1.50. The maximum atomic E-state index is 13.8. The van der Waals surface area contributed by atoms with Gasteiger partial charge in [0.25, 0.3) is 0 Å². The molecular weight excluding hydrogens is 356 g/mol. The standard InChI is InChI=1S/C20H19F2NO4/c1-27-18-5-3-2-4-14(18)15-10-23(11-16(15)20(25)26)19(24)8-12-6-7-13(21)9-17(12)22/h2-7,9,15-16H,8,10-11H2,1H3,(H,25,26)/t15-,16+/m0/s1. The zero-order valence-corrected chi connectivity index (χ0v) is 14.7. The Morgan fingerprint density at radius 2 is 1.93 bits per heavy atom. The number of hydrogen-bond donors (Lipinski definition) is 1. The van der Waals surface area contributed by atoms with Crippen molar-refractivity contribution in [3.8, 4) is 5.75 Å². The molecule has 0 spiro atoms. The molecule has 0 radical (unpaired) electrons. The molecule has 3 rings (SSSR count). The first-order valence-electron chi connectivity index (χ1n) is 8.48. The number of carboxylic acids is 1. The van der Waals surface area contributed by atoms with E-state index in [4.69, 9.17) is 4.74 Å². The maximum absolute atomic E-state index is 13.8.